The van der Waals surface area contributed by atoms with E-state index in [0.717, 1.165) is 25.1 Å². The van der Waals surface area contributed by atoms with E-state index < -0.39 is 0 Å². The van der Waals surface area contributed by atoms with Crippen LogP contribution < -0.4 is 14.8 Å². The van der Waals surface area contributed by atoms with Gasteiger partial charge in [0.1, 0.15) is 12.4 Å². The molecule has 0 aliphatic heterocycles. The molecule has 4 heteroatoms. The van der Waals surface area contributed by atoms with Crippen molar-refractivity contribution >= 4 is 0 Å². The van der Waals surface area contributed by atoms with E-state index in [2.05, 4.69) is 19.2 Å². The van der Waals surface area contributed by atoms with E-state index in [1.807, 2.05) is 18.2 Å². The molecule has 2 rings (SSSR count). The first-order chi connectivity index (χ1) is 11.6. The summed E-state index contributed by atoms with van der Waals surface area (Å²) < 4.78 is 24.8. The van der Waals surface area contributed by atoms with Crippen molar-refractivity contribution in [2.75, 3.05) is 13.7 Å². The van der Waals surface area contributed by atoms with Crippen LogP contribution >= 0.6 is 0 Å². The summed E-state index contributed by atoms with van der Waals surface area (Å²) >= 11 is 0. The van der Waals surface area contributed by atoms with Gasteiger partial charge in [-0.05, 0) is 42.6 Å². The van der Waals surface area contributed by atoms with Crippen LogP contribution in [0.15, 0.2) is 42.5 Å². The number of hydrogen-bond acceptors (Lipinski definition) is 3. The van der Waals surface area contributed by atoms with Crippen LogP contribution in [0.4, 0.5) is 4.39 Å². The number of methoxy groups -OCH3 is 1. The highest BCUT2D eigenvalue weighted by Gasteiger charge is 2.08. The lowest BCUT2D eigenvalue weighted by Gasteiger charge is -2.13. The Morgan fingerprint density at radius 3 is 2.58 bits per heavy atom. The van der Waals surface area contributed by atoms with Crippen LogP contribution in [0.25, 0.3) is 0 Å². The minimum Gasteiger partial charge on any atom is -0.493 e. The van der Waals surface area contributed by atoms with Gasteiger partial charge in [-0.1, -0.05) is 38.1 Å². The lowest BCUT2D eigenvalue weighted by atomic mass is 10.1. The second-order valence-electron chi connectivity index (χ2n) is 6.22. The van der Waals surface area contributed by atoms with Gasteiger partial charge in [0.25, 0.3) is 0 Å². The second kappa shape index (κ2) is 9.28. The Balaban J connectivity index is 1.94. The second-order valence-corrected chi connectivity index (χ2v) is 6.22. The van der Waals surface area contributed by atoms with E-state index in [-0.39, 0.29) is 12.4 Å². The summed E-state index contributed by atoms with van der Waals surface area (Å²) in [5.74, 6) is 1.71. The number of ether oxygens (including phenoxy) is 2. The van der Waals surface area contributed by atoms with Crippen LogP contribution in [0.3, 0.4) is 0 Å². The molecule has 1 N–H and O–H groups in total. The summed E-state index contributed by atoms with van der Waals surface area (Å²) in [5.41, 5.74) is 1.66. The highest BCUT2D eigenvalue weighted by Crippen LogP contribution is 2.29. The van der Waals surface area contributed by atoms with Gasteiger partial charge >= 0.3 is 0 Å². The Hall–Kier alpha value is -2.07. The molecule has 0 bridgehead atoms. The van der Waals surface area contributed by atoms with Gasteiger partial charge in [0.05, 0.1) is 7.11 Å². The fraction of sp³-hybridized carbons (Fsp3) is 0.400. The van der Waals surface area contributed by atoms with Crippen molar-refractivity contribution in [1.29, 1.82) is 0 Å². The molecule has 130 valence electrons. The quantitative estimate of drug-likeness (QED) is 0.684. The monoisotopic (exact) mass is 331 g/mol. The SMILES string of the molecule is COc1cc(CNCCC(C)C)ccc1OCc1ccccc1F. The van der Waals surface area contributed by atoms with E-state index in [0.29, 0.717) is 23.0 Å². The van der Waals surface area contributed by atoms with Crippen molar-refractivity contribution in [3.63, 3.8) is 0 Å². The maximum absolute atomic E-state index is 13.6. The van der Waals surface area contributed by atoms with Crippen molar-refractivity contribution in [3.05, 3.63) is 59.4 Å². The summed E-state index contributed by atoms with van der Waals surface area (Å²) in [6, 6.07) is 12.4. The van der Waals surface area contributed by atoms with Gasteiger partial charge < -0.3 is 14.8 Å². The number of halogens is 1. The highest BCUT2D eigenvalue weighted by atomic mass is 19.1. The predicted molar refractivity (Wildman–Crippen MR) is 94.9 cm³/mol. The van der Waals surface area contributed by atoms with Gasteiger partial charge in [-0.2, -0.15) is 0 Å². The smallest absolute Gasteiger partial charge is 0.161 e. The molecule has 3 nitrogen and oxygen atoms in total. The van der Waals surface area contributed by atoms with Crippen LogP contribution in [-0.4, -0.2) is 13.7 Å². The van der Waals surface area contributed by atoms with Crippen molar-refractivity contribution in [3.8, 4) is 11.5 Å². The molecule has 0 atom stereocenters. The largest absolute Gasteiger partial charge is 0.493 e. The van der Waals surface area contributed by atoms with Gasteiger partial charge in [0.15, 0.2) is 11.5 Å². The lowest BCUT2D eigenvalue weighted by Crippen LogP contribution is -2.16. The van der Waals surface area contributed by atoms with E-state index in [9.17, 15) is 4.39 Å². The third-order valence-corrected chi connectivity index (χ3v) is 3.80. The third-order valence-electron chi connectivity index (χ3n) is 3.80. The molecule has 0 heterocycles. The average Bonchev–Trinajstić information content (AvgIpc) is 2.58. The first-order valence-electron chi connectivity index (χ1n) is 8.34. The molecule has 2 aromatic carbocycles. The molecule has 0 amide bonds. The summed E-state index contributed by atoms with van der Waals surface area (Å²) in [7, 11) is 1.61. The lowest BCUT2D eigenvalue weighted by molar-refractivity contribution is 0.279. The Bertz CT molecular complexity index is 643. The fourth-order valence-electron chi connectivity index (χ4n) is 2.34. The molecule has 2 aromatic rings. The molecule has 0 aromatic heterocycles. The maximum atomic E-state index is 13.6. The normalized spacial score (nSPS) is 10.9. The molecular formula is C20H26FNO2. The Labute approximate surface area is 143 Å². The topological polar surface area (TPSA) is 30.5 Å². The van der Waals surface area contributed by atoms with E-state index in [1.54, 1.807) is 25.3 Å². The van der Waals surface area contributed by atoms with Gasteiger partial charge in [-0.15, -0.1) is 0 Å². The Morgan fingerprint density at radius 2 is 1.88 bits per heavy atom. The van der Waals surface area contributed by atoms with Crippen molar-refractivity contribution in [2.24, 2.45) is 5.92 Å². The molecular weight excluding hydrogens is 305 g/mol. The van der Waals surface area contributed by atoms with Crippen LogP contribution in [0.2, 0.25) is 0 Å². The third kappa shape index (κ3) is 5.53. The molecule has 0 aliphatic rings. The fourth-order valence-corrected chi connectivity index (χ4v) is 2.34. The van der Waals surface area contributed by atoms with Gasteiger partial charge in [-0.3, -0.25) is 0 Å². The molecule has 0 fully saturated rings. The minimum atomic E-state index is -0.262. The van der Waals surface area contributed by atoms with Gasteiger partial charge in [-0.25, -0.2) is 4.39 Å². The number of nitrogens with one attached hydrogen (secondary N) is 1. The van der Waals surface area contributed by atoms with Crippen molar-refractivity contribution in [1.82, 2.24) is 5.32 Å². The molecule has 0 radical (unpaired) electrons. The first kappa shape index (κ1) is 18.3. The number of rotatable bonds is 9. The molecule has 0 unspecified atom stereocenters. The molecule has 24 heavy (non-hydrogen) atoms. The Morgan fingerprint density at radius 1 is 1.08 bits per heavy atom. The summed E-state index contributed by atoms with van der Waals surface area (Å²) in [5, 5.41) is 3.42. The summed E-state index contributed by atoms with van der Waals surface area (Å²) in [6.45, 7) is 6.38. The molecule has 0 spiro atoms. The van der Waals surface area contributed by atoms with E-state index >= 15 is 0 Å². The van der Waals surface area contributed by atoms with Crippen molar-refractivity contribution in [2.45, 2.75) is 33.4 Å². The van der Waals surface area contributed by atoms with Crippen molar-refractivity contribution < 1.29 is 13.9 Å². The van der Waals surface area contributed by atoms with E-state index in [4.69, 9.17) is 9.47 Å². The highest BCUT2D eigenvalue weighted by molar-refractivity contribution is 5.43. The van der Waals surface area contributed by atoms with Crippen LogP contribution in [-0.2, 0) is 13.2 Å². The Kier molecular flexibility index (Phi) is 7.07. The maximum Gasteiger partial charge on any atom is 0.161 e. The molecule has 0 aliphatic carbocycles. The van der Waals surface area contributed by atoms with Gasteiger partial charge in [0.2, 0.25) is 0 Å². The number of hydrogen-bond donors (Lipinski definition) is 1. The minimum absolute atomic E-state index is 0.176. The van der Waals surface area contributed by atoms with E-state index in [1.165, 1.54) is 6.07 Å². The molecule has 0 saturated carbocycles. The average molecular weight is 331 g/mol. The van der Waals surface area contributed by atoms with Crippen LogP contribution in [0, 0.1) is 11.7 Å². The predicted octanol–water partition coefficient (Wildman–Crippen LogP) is 4.55. The van der Waals surface area contributed by atoms with Crippen LogP contribution in [0.1, 0.15) is 31.4 Å². The zero-order valence-corrected chi connectivity index (χ0v) is 14.6. The molecule has 0 saturated heterocycles. The summed E-state index contributed by atoms with van der Waals surface area (Å²) in [4.78, 5) is 0. The van der Waals surface area contributed by atoms with Gasteiger partial charge in [0, 0.05) is 12.1 Å². The standard InChI is InChI=1S/C20H26FNO2/c1-15(2)10-11-22-13-16-8-9-19(20(12-16)23-3)24-14-17-6-4-5-7-18(17)21/h4-9,12,15,22H,10-11,13-14H2,1-3H3. The zero-order valence-electron chi connectivity index (χ0n) is 14.6. The van der Waals surface area contributed by atoms with Crippen LogP contribution in [0.5, 0.6) is 11.5 Å². The number of benzene rings is 2. The first-order valence-corrected chi connectivity index (χ1v) is 8.34. The zero-order chi connectivity index (χ0) is 17.4. The summed E-state index contributed by atoms with van der Waals surface area (Å²) in [6.07, 6.45) is 1.15.